The van der Waals surface area contributed by atoms with Crippen LogP contribution in [-0.2, 0) is 6.42 Å². The minimum absolute atomic E-state index is 0.436. The fraction of sp³-hybridized carbons (Fsp3) is 0.312. The summed E-state index contributed by atoms with van der Waals surface area (Å²) in [6.07, 6.45) is 5.86. The van der Waals surface area contributed by atoms with Crippen molar-refractivity contribution >= 4 is 0 Å². The summed E-state index contributed by atoms with van der Waals surface area (Å²) in [5.74, 6) is 4.14. The summed E-state index contributed by atoms with van der Waals surface area (Å²) in [5.41, 5.74) is 6.66. The van der Waals surface area contributed by atoms with E-state index < -0.39 is 0 Å². The van der Waals surface area contributed by atoms with Crippen molar-refractivity contribution in [3.8, 4) is 24.5 Å². The third kappa shape index (κ3) is 8.98. The summed E-state index contributed by atoms with van der Waals surface area (Å²) < 4.78 is 0. The SMILES string of the molecule is C#Cc1ccccc1C(C)C.CC(C)c1ccccc1C#N.CC(C)c1ccccc1CC#N. The fourth-order valence-corrected chi connectivity index (χ4v) is 3.58. The van der Waals surface area contributed by atoms with Gasteiger partial charge in [-0.3, -0.25) is 0 Å². The first-order valence-electron chi connectivity index (χ1n) is 11.8. The molecule has 2 nitrogen and oxygen atoms in total. The van der Waals surface area contributed by atoms with Crippen molar-refractivity contribution in [3.05, 3.63) is 106 Å². The summed E-state index contributed by atoms with van der Waals surface area (Å²) in [5, 5.41) is 17.3. The second-order valence-electron chi connectivity index (χ2n) is 8.93. The molecule has 174 valence electrons. The maximum atomic E-state index is 8.72. The van der Waals surface area contributed by atoms with E-state index in [0.29, 0.717) is 24.2 Å². The molecular weight excluding hydrogens is 412 g/mol. The number of nitriles is 2. The molecule has 0 aliphatic heterocycles. The van der Waals surface area contributed by atoms with Crippen LogP contribution in [0.15, 0.2) is 72.8 Å². The number of hydrogen-bond acceptors (Lipinski definition) is 2. The molecule has 0 spiro atoms. The molecular formula is C32H36N2. The molecule has 0 amide bonds. The normalized spacial score (nSPS) is 9.71. The van der Waals surface area contributed by atoms with Gasteiger partial charge < -0.3 is 0 Å². The molecule has 0 atom stereocenters. The topological polar surface area (TPSA) is 47.6 Å². The Morgan fingerprint density at radius 1 is 0.618 bits per heavy atom. The molecule has 0 bridgehead atoms. The van der Waals surface area contributed by atoms with Crippen molar-refractivity contribution in [1.29, 1.82) is 10.5 Å². The van der Waals surface area contributed by atoms with Crippen LogP contribution in [0.3, 0.4) is 0 Å². The lowest BCUT2D eigenvalue weighted by atomic mass is 9.96. The Labute approximate surface area is 206 Å². The summed E-state index contributed by atoms with van der Waals surface area (Å²) in [6.45, 7) is 12.8. The zero-order chi connectivity index (χ0) is 25.5. The van der Waals surface area contributed by atoms with Crippen LogP contribution >= 0.6 is 0 Å². The standard InChI is InChI=1S/C11H13N.C11H12.C10H11N/c1-9(2)11-6-4-3-5-10(11)7-8-12;1-4-10-7-5-6-8-11(10)9(2)3;1-8(2)10-6-4-3-5-9(10)7-11/h3-6,9H,7H2,1-2H3;1,5-9H,2-3H3;3-6,8H,1-2H3. The van der Waals surface area contributed by atoms with Gasteiger partial charge >= 0.3 is 0 Å². The van der Waals surface area contributed by atoms with Crippen LogP contribution in [0.25, 0.3) is 0 Å². The summed E-state index contributed by atoms with van der Waals surface area (Å²) in [7, 11) is 0. The fourth-order valence-electron chi connectivity index (χ4n) is 3.58. The predicted molar refractivity (Wildman–Crippen MR) is 144 cm³/mol. The summed E-state index contributed by atoms with van der Waals surface area (Å²) in [6, 6.07) is 28.3. The lowest BCUT2D eigenvalue weighted by Gasteiger charge is -2.09. The third-order valence-electron chi connectivity index (χ3n) is 5.39. The highest BCUT2D eigenvalue weighted by molar-refractivity contribution is 5.41. The largest absolute Gasteiger partial charge is 0.198 e. The monoisotopic (exact) mass is 448 g/mol. The van der Waals surface area contributed by atoms with Crippen molar-refractivity contribution in [2.45, 2.75) is 65.7 Å². The minimum atomic E-state index is 0.436. The van der Waals surface area contributed by atoms with Gasteiger partial charge in [-0.15, -0.1) is 6.42 Å². The van der Waals surface area contributed by atoms with Crippen LogP contribution in [0.4, 0.5) is 0 Å². The van der Waals surface area contributed by atoms with Gasteiger partial charge in [-0.2, -0.15) is 10.5 Å². The molecule has 34 heavy (non-hydrogen) atoms. The van der Waals surface area contributed by atoms with Crippen molar-refractivity contribution in [2.24, 2.45) is 0 Å². The van der Waals surface area contributed by atoms with Gasteiger partial charge in [0, 0.05) is 5.56 Å². The van der Waals surface area contributed by atoms with E-state index in [1.54, 1.807) is 0 Å². The van der Waals surface area contributed by atoms with E-state index in [9.17, 15) is 0 Å². The Hall–Kier alpha value is -3.80. The van der Waals surface area contributed by atoms with Gasteiger partial charge in [0.05, 0.1) is 24.1 Å². The van der Waals surface area contributed by atoms with Gasteiger partial charge in [-0.25, -0.2) is 0 Å². The quantitative estimate of drug-likeness (QED) is 0.376. The van der Waals surface area contributed by atoms with Crippen molar-refractivity contribution in [2.75, 3.05) is 0 Å². The Bertz CT molecular complexity index is 1090. The number of nitrogens with zero attached hydrogens (tertiary/aromatic N) is 2. The molecule has 0 heterocycles. The molecule has 0 aliphatic carbocycles. The second-order valence-corrected chi connectivity index (χ2v) is 8.93. The Balaban J connectivity index is 0.000000255. The smallest absolute Gasteiger partial charge is 0.0994 e. The van der Waals surface area contributed by atoms with Crippen LogP contribution in [0.5, 0.6) is 0 Å². The van der Waals surface area contributed by atoms with Crippen LogP contribution < -0.4 is 0 Å². The molecule has 0 N–H and O–H groups in total. The lowest BCUT2D eigenvalue weighted by molar-refractivity contribution is 0.851. The number of benzene rings is 3. The van der Waals surface area contributed by atoms with Crippen molar-refractivity contribution in [3.63, 3.8) is 0 Å². The van der Waals surface area contributed by atoms with E-state index >= 15 is 0 Å². The van der Waals surface area contributed by atoms with E-state index in [1.165, 1.54) is 11.1 Å². The highest BCUT2D eigenvalue weighted by Gasteiger charge is 2.04. The maximum Gasteiger partial charge on any atom is 0.0994 e. The summed E-state index contributed by atoms with van der Waals surface area (Å²) >= 11 is 0. The molecule has 3 aromatic carbocycles. The predicted octanol–water partition coefficient (Wildman–Crippen LogP) is 8.35. The second kappa shape index (κ2) is 15.1. The van der Waals surface area contributed by atoms with Gasteiger partial charge in [0.2, 0.25) is 0 Å². The maximum absolute atomic E-state index is 8.72. The highest BCUT2D eigenvalue weighted by Crippen LogP contribution is 2.20. The number of terminal acetylenes is 1. The Kier molecular flexibility index (Phi) is 12.5. The molecule has 2 heteroatoms. The highest BCUT2D eigenvalue weighted by atomic mass is 14.2. The van der Waals surface area contributed by atoms with Gasteiger partial charge in [0.25, 0.3) is 0 Å². The molecule has 0 fully saturated rings. The molecule has 0 unspecified atom stereocenters. The van der Waals surface area contributed by atoms with E-state index in [-0.39, 0.29) is 0 Å². The number of rotatable bonds is 4. The lowest BCUT2D eigenvalue weighted by Crippen LogP contribution is -1.94. The molecule has 0 aliphatic rings. The minimum Gasteiger partial charge on any atom is -0.198 e. The first kappa shape index (κ1) is 28.2. The zero-order valence-electron chi connectivity index (χ0n) is 21.3. The average Bonchev–Trinajstić information content (AvgIpc) is 2.85. The zero-order valence-corrected chi connectivity index (χ0v) is 21.3. The summed E-state index contributed by atoms with van der Waals surface area (Å²) in [4.78, 5) is 0. The molecule has 0 saturated carbocycles. The van der Waals surface area contributed by atoms with Crippen molar-refractivity contribution in [1.82, 2.24) is 0 Å². The average molecular weight is 449 g/mol. The van der Waals surface area contributed by atoms with Gasteiger partial charge in [0.1, 0.15) is 0 Å². The number of hydrogen-bond donors (Lipinski definition) is 0. The molecule has 3 rings (SSSR count). The van der Waals surface area contributed by atoms with Gasteiger partial charge in [0.15, 0.2) is 0 Å². The van der Waals surface area contributed by atoms with Crippen LogP contribution in [-0.4, -0.2) is 0 Å². The van der Waals surface area contributed by atoms with E-state index in [2.05, 4.69) is 71.7 Å². The van der Waals surface area contributed by atoms with Crippen molar-refractivity contribution < 1.29 is 0 Å². The third-order valence-corrected chi connectivity index (χ3v) is 5.39. The van der Waals surface area contributed by atoms with Gasteiger partial charge in [-0.1, -0.05) is 108 Å². The Morgan fingerprint density at radius 3 is 1.41 bits per heavy atom. The Morgan fingerprint density at radius 2 is 1.03 bits per heavy atom. The molecule has 3 aromatic rings. The molecule has 0 radical (unpaired) electrons. The van der Waals surface area contributed by atoms with Crippen LogP contribution in [0.1, 0.15) is 92.7 Å². The first-order valence-corrected chi connectivity index (χ1v) is 11.8. The van der Waals surface area contributed by atoms with Crippen LogP contribution in [0.2, 0.25) is 0 Å². The first-order chi connectivity index (χ1) is 16.3. The molecule has 0 aromatic heterocycles. The molecule has 0 saturated heterocycles. The van der Waals surface area contributed by atoms with E-state index in [4.69, 9.17) is 16.9 Å². The van der Waals surface area contributed by atoms with E-state index in [0.717, 1.165) is 22.3 Å². The van der Waals surface area contributed by atoms with E-state index in [1.807, 2.05) is 60.7 Å². The van der Waals surface area contributed by atoms with Crippen LogP contribution in [0, 0.1) is 35.0 Å². The van der Waals surface area contributed by atoms with Gasteiger partial charge in [-0.05, 0) is 52.1 Å².